The first kappa shape index (κ1) is 42.7. The van der Waals surface area contributed by atoms with Crippen LogP contribution in [0.5, 0.6) is 0 Å². The Balaban J connectivity index is 3.15. The lowest BCUT2D eigenvalue weighted by Gasteiger charge is -2.24. The van der Waals surface area contributed by atoms with E-state index in [1.54, 1.807) is 0 Å². The lowest BCUT2D eigenvalue weighted by Crippen LogP contribution is -2.59. The number of carbonyl (C=O) groups excluding carboxylic acids is 10. The van der Waals surface area contributed by atoms with E-state index >= 15 is 0 Å². The van der Waals surface area contributed by atoms with E-state index in [1.165, 1.54) is 69.2 Å². The van der Waals surface area contributed by atoms with Gasteiger partial charge in [0, 0.05) is 0 Å². The quantitative estimate of drug-likeness (QED) is 0.114. The van der Waals surface area contributed by atoms with Gasteiger partial charge in [0.25, 0.3) is 0 Å². The van der Waals surface area contributed by atoms with E-state index in [1.807, 2.05) is 0 Å². The van der Waals surface area contributed by atoms with Crippen molar-refractivity contribution in [2.75, 3.05) is 0 Å². The second kappa shape index (κ2) is 19.0. The third-order valence-electron chi connectivity index (χ3n) is 7.52. The summed E-state index contributed by atoms with van der Waals surface area (Å²) in [6, 6.07) is -11.5. The fraction of sp³-hybridized carbons (Fsp3) is 0.667. The van der Waals surface area contributed by atoms with Crippen molar-refractivity contribution >= 4 is 59.1 Å². The van der Waals surface area contributed by atoms with Crippen molar-refractivity contribution in [2.45, 2.75) is 130 Å². The van der Waals surface area contributed by atoms with Gasteiger partial charge in [-0.2, -0.15) is 0 Å². The van der Waals surface area contributed by atoms with Crippen LogP contribution in [-0.4, -0.2) is 119 Å². The normalized spacial score (nSPS) is 33.0. The van der Waals surface area contributed by atoms with Gasteiger partial charge in [0.05, 0.1) is 0 Å². The molecule has 1 heterocycles. The Morgan fingerprint density at radius 3 is 0.320 bits per heavy atom. The molecule has 0 spiro atoms. The Hall–Kier alpha value is -5.30. The van der Waals surface area contributed by atoms with Crippen LogP contribution in [0.25, 0.3) is 0 Å². The molecule has 0 radical (unpaired) electrons. The molecule has 1 rings (SSSR count). The summed E-state index contributed by atoms with van der Waals surface area (Å²) in [7, 11) is 0. The lowest BCUT2D eigenvalue weighted by molar-refractivity contribution is -0.135. The van der Waals surface area contributed by atoms with Gasteiger partial charge in [-0.05, 0) is 69.2 Å². The summed E-state index contributed by atoms with van der Waals surface area (Å²) in [6.45, 7) is 13.4. The fourth-order valence-corrected chi connectivity index (χ4v) is 4.04. The zero-order chi connectivity index (χ0) is 38.6. The zero-order valence-electron chi connectivity index (χ0n) is 29.9. The molecule has 1 fully saturated rings. The van der Waals surface area contributed by atoms with Gasteiger partial charge in [-0.25, -0.2) is 0 Å². The van der Waals surface area contributed by atoms with E-state index in [-0.39, 0.29) is 0 Å². The molecule has 20 nitrogen and oxygen atoms in total. The van der Waals surface area contributed by atoms with E-state index in [4.69, 9.17) is 0 Å². The minimum absolute atomic E-state index is 0.750. The second-order valence-corrected chi connectivity index (χ2v) is 12.3. The molecule has 50 heavy (non-hydrogen) atoms. The number of nitrogens with one attached hydrogen (secondary N) is 10. The number of hydrogen-bond donors (Lipinski definition) is 10. The molecule has 0 unspecified atom stereocenters. The molecule has 0 bridgehead atoms. The van der Waals surface area contributed by atoms with Crippen molar-refractivity contribution in [2.24, 2.45) is 0 Å². The van der Waals surface area contributed by atoms with Gasteiger partial charge in [0.15, 0.2) is 0 Å². The van der Waals surface area contributed by atoms with Crippen molar-refractivity contribution in [3.05, 3.63) is 0 Å². The third-order valence-corrected chi connectivity index (χ3v) is 7.52. The van der Waals surface area contributed by atoms with Crippen LogP contribution >= 0.6 is 0 Å². The van der Waals surface area contributed by atoms with Crippen LogP contribution in [-0.2, 0) is 47.9 Å². The molecule has 20 heteroatoms. The van der Waals surface area contributed by atoms with Crippen molar-refractivity contribution in [3.63, 3.8) is 0 Å². The van der Waals surface area contributed by atoms with Gasteiger partial charge < -0.3 is 53.2 Å². The third kappa shape index (κ3) is 13.3. The Morgan fingerprint density at radius 2 is 0.260 bits per heavy atom. The van der Waals surface area contributed by atoms with Crippen LogP contribution < -0.4 is 53.2 Å². The number of carbonyl (C=O) groups is 10. The van der Waals surface area contributed by atoms with E-state index in [9.17, 15) is 47.9 Å². The molecule has 1 saturated heterocycles. The monoisotopic (exact) mass is 710 g/mol. The summed E-state index contributed by atoms with van der Waals surface area (Å²) in [5.74, 6) is -7.50. The molecule has 0 aromatic heterocycles. The first-order valence-electron chi connectivity index (χ1n) is 16.1. The van der Waals surface area contributed by atoms with Gasteiger partial charge in [0.1, 0.15) is 60.4 Å². The molecule has 10 atom stereocenters. The highest BCUT2D eigenvalue weighted by Gasteiger charge is 2.30. The maximum Gasteiger partial charge on any atom is 0.242 e. The van der Waals surface area contributed by atoms with Gasteiger partial charge in [0.2, 0.25) is 59.1 Å². The highest BCUT2D eigenvalue weighted by atomic mass is 16.2. The summed E-state index contributed by atoms with van der Waals surface area (Å²) in [6.07, 6.45) is 0. The van der Waals surface area contributed by atoms with E-state index < -0.39 is 119 Å². The van der Waals surface area contributed by atoms with Gasteiger partial charge in [-0.15, -0.1) is 0 Å². The Labute approximate surface area is 289 Å². The number of amides is 10. The maximum atomic E-state index is 12.7. The van der Waals surface area contributed by atoms with Crippen LogP contribution in [0.2, 0.25) is 0 Å². The Bertz CT molecular complexity index is 1030. The largest absolute Gasteiger partial charge is 0.343 e. The van der Waals surface area contributed by atoms with E-state index in [0.717, 1.165) is 0 Å². The van der Waals surface area contributed by atoms with E-state index in [2.05, 4.69) is 53.2 Å². The number of rotatable bonds is 0. The average molecular weight is 711 g/mol. The summed E-state index contributed by atoms with van der Waals surface area (Å²) >= 11 is 0. The van der Waals surface area contributed by atoms with Gasteiger partial charge in [-0.3, -0.25) is 47.9 Å². The molecular formula is C30H50N10O10. The first-order chi connectivity index (χ1) is 23.0. The zero-order valence-corrected chi connectivity index (χ0v) is 29.9. The minimum Gasteiger partial charge on any atom is -0.343 e. The highest BCUT2D eigenvalue weighted by molar-refractivity contribution is 5.98. The van der Waals surface area contributed by atoms with Crippen molar-refractivity contribution in [3.8, 4) is 0 Å². The average Bonchev–Trinajstić information content (AvgIpc) is 3.03. The van der Waals surface area contributed by atoms with Gasteiger partial charge in [-0.1, -0.05) is 0 Å². The van der Waals surface area contributed by atoms with E-state index in [0.29, 0.717) is 0 Å². The minimum atomic E-state index is -1.15. The second-order valence-electron chi connectivity index (χ2n) is 12.3. The lowest BCUT2D eigenvalue weighted by atomic mass is 10.2. The first-order valence-corrected chi connectivity index (χ1v) is 16.1. The topological polar surface area (TPSA) is 291 Å². The molecule has 280 valence electrons. The summed E-state index contributed by atoms with van der Waals surface area (Å²) in [5, 5.41) is 24.0. The predicted octanol–water partition coefficient (Wildman–Crippen LogP) is -4.95. The molecule has 10 amide bonds. The summed E-state index contributed by atoms with van der Waals surface area (Å²) in [4.78, 5) is 127. The predicted molar refractivity (Wildman–Crippen MR) is 176 cm³/mol. The van der Waals surface area contributed by atoms with Crippen molar-refractivity contribution in [1.82, 2.24) is 53.2 Å². The standard InChI is InChI=1S/C30H50N10O10/c1-11-21(41)32-13(3)23(43)34-15(5)25(45)36-17(7)27(47)38-19(9)29(49)40-20(10)30(50)39-18(8)28(48)37-16(6)26(46)35-14(4)24(44)33-12(2)22(42)31-11/h11-20H,1-10H3,(H,31,42)(H,32,41)(H,33,44)(H,34,43)(H,35,46)(H,36,45)(H,37,48)(H,38,47)(H,39,50)(H,40,49)/t11-,12-,13-,14-,15-,16-,17-,18-,19-,20-/m0/s1. The smallest absolute Gasteiger partial charge is 0.242 e. The Morgan fingerprint density at radius 1 is 0.200 bits per heavy atom. The van der Waals surface area contributed by atoms with Crippen LogP contribution in [0.3, 0.4) is 0 Å². The van der Waals surface area contributed by atoms with Crippen LogP contribution in [0.4, 0.5) is 0 Å². The molecular weight excluding hydrogens is 660 g/mol. The Kier molecular flexibility index (Phi) is 16.3. The molecule has 1 aliphatic heterocycles. The van der Waals surface area contributed by atoms with Crippen LogP contribution in [0.15, 0.2) is 0 Å². The molecule has 0 aliphatic carbocycles. The van der Waals surface area contributed by atoms with Crippen molar-refractivity contribution in [1.29, 1.82) is 0 Å². The van der Waals surface area contributed by atoms with Gasteiger partial charge >= 0.3 is 0 Å². The fourth-order valence-electron chi connectivity index (χ4n) is 4.04. The molecule has 1 aliphatic rings. The van der Waals surface area contributed by atoms with Crippen LogP contribution in [0.1, 0.15) is 69.2 Å². The molecule has 0 aromatic rings. The number of hydrogen-bond acceptors (Lipinski definition) is 10. The molecule has 10 N–H and O–H groups in total. The van der Waals surface area contributed by atoms with Crippen LogP contribution in [0, 0.1) is 0 Å². The maximum absolute atomic E-state index is 12.7. The summed E-state index contributed by atoms with van der Waals surface area (Å²) in [5.41, 5.74) is 0. The SMILES string of the molecule is C[C@@H]1NC(=O)[C@H](C)NC(=O)[C@H](C)NC(=O)[C@H](C)NC(=O)[C@H](C)NC(=O)[C@H](C)NC(=O)[C@H](C)NC(=O)[C@H](C)NC(=O)[C@H](C)NC(=O)[C@H](C)NC1=O. The van der Waals surface area contributed by atoms with Crippen molar-refractivity contribution < 1.29 is 47.9 Å². The molecule has 0 aromatic carbocycles. The summed E-state index contributed by atoms with van der Waals surface area (Å²) < 4.78 is 0. The highest BCUT2D eigenvalue weighted by Crippen LogP contribution is 1.97. The molecule has 0 saturated carbocycles.